The molecule has 186 valence electrons. The van der Waals surface area contributed by atoms with E-state index in [-0.39, 0.29) is 50.2 Å². The predicted molar refractivity (Wildman–Crippen MR) is 130 cm³/mol. The van der Waals surface area contributed by atoms with E-state index in [4.69, 9.17) is 9.47 Å². The van der Waals surface area contributed by atoms with Crippen LogP contribution in [0.1, 0.15) is 43.2 Å². The molecule has 1 aliphatic heterocycles. The summed E-state index contributed by atoms with van der Waals surface area (Å²) in [5, 5.41) is 14.7. The molecule has 1 unspecified atom stereocenters. The minimum atomic E-state index is -0.903. The molecule has 1 aliphatic carbocycles. The van der Waals surface area contributed by atoms with E-state index < -0.39 is 18.0 Å². The number of fused-ring (bicyclic) bond motifs is 3. The maximum absolute atomic E-state index is 12.4. The van der Waals surface area contributed by atoms with Crippen molar-refractivity contribution in [2.45, 2.75) is 38.2 Å². The Balaban J connectivity index is 1.21. The van der Waals surface area contributed by atoms with E-state index in [0.717, 1.165) is 17.5 Å². The summed E-state index contributed by atoms with van der Waals surface area (Å²) in [6, 6.07) is 16.3. The average Bonchev–Trinajstić information content (AvgIpc) is 3.47. The fourth-order valence-electron chi connectivity index (χ4n) is 4.91. The van der Waals surface area contributed by atoms with E-state index in [1.165, 1.54) is 11.1 Å². The van der Waals surface area contributed by atoms with Crippen LogP contribution in [0, 0.1) is 11.8 Å². The number of aliphatic carboxylic acids is 1. The fourth-order valence-corrected chi connectivity index (χ4v) is 4.91. The van der Waals surface area contributed by atoms with Crippen LogP contribution in [0.4, 0.5) is 4.79 Å². The highest BCUT2D eigenvalue weighted by atomic mass is 16.5. The van der Waals surface area contributed by atoms with E-state index in [1.807, 2.05) is 31.2 Å². The summed E-state index contributed by atoms with van der Waals surface area (Å²) >= 11 is 0. The van der Waals surface area contributed by atoms with Gasteiger partial charge >= 0.3 is 12.1 Å². The van der Waals surface area contributed by atoms with Gasteiger partial charge in [-0.1, -0.05) is 61.9 Å². The number of rotatable bonds is 10. The van der Waals surface area contributed by atoms with Crippen LogP contribution < -0.4 is 10.6 Å². The van der Waals surface area contributed by atoms with Gasteiger partial charge in [-0.15, -0.1) is 0 Å². The highest BCUT2D eigenvalue weighted by Crippen LogP contribution is 2.44. The molecule has 0 spiro atoms. The van der Waals surface area contributed by atoms with Gasteiger partial charge < -0.3 is 25.2 Å². The Hall–Kier alpha value is -3.39. The van der Waals surface area contributed by atoms with Crippen LogP contribution in [-0.2, 0) is 19.1 Å². The zero-order valence-corrected chi connectivity index (χ0v) is 19.9. The second kappa shape index (κ2) is 11.4. The zero-order chi connectivity index (χ0) is 24.8. The molecule has 35 heavy (non-hydrogen) atoms. The number of hydrogen-bond donors (Lipinski definition) is 3. The van der Waals surface area contributed by atoms with Gasteiger partial charge in [-0.3, -0.25) is 9.59 Å². The molecule has 2 aromatic rings. The monoisotopic (exact) mass is 480 g/mol. The SMILES string of the molecule is CCCC(CNC(=O)[C@@H]1CO[C@H](CNC(=O)OCC2c3ccccc3-c3ccccc32)C1)C(=O)O. The Labute approximate surface area is 205 Å². The van der Waals surface area contributed by atoms with Gasteiger partial charge in [-0.05, 0) is 35.1 Å². The number of hydrogen-bond acceptors (Lipinski definition) is 5. The number of benzene rings is 2. The van der Waals surface area contributed by atoms with Crippen molar-refractivity contribution in [3.8, 4) is 11.1 Å². The molecule has 1 fully saturated rings. The second-order valence-electron chi connectivity index (χ2n) is 9.16. The first-order chi connectivity index (χ1) is 17.0. The third-order valence-corrected chi connectivity index (χ3v) is 6.78. The Kier molecular flexibility index (Phi) is 8.02. The number of nitrogens with one attached hydrogen (secondary N) is 2. The molecular weight excluding hydrogens is 448 g/mol. The van der Waals surface area contributed by atoms with E-state index >= 15 is 0 Å². The molecule has 2 aliphatic rings. The van der Waals surface area contributed by atoms with Crippen molar-refractivity contribution in [2.75, 3.05) is 26.3 Å². The molecule has 2 amide bonds. The predicted octanol–water partition coefficient (Wildman–Crippen LogP) is 3.55. The number of carboxylic acid groups (broad SMARTS) is 1. The van der Waals surface area contributed by atoms with Gasteiger partial charge in [-0.25, -0.2) is 4.79 Å². The minimum Gasteiger partial charge on any atom is -0.481 e. The molecule has 0 bridgehead atoms. The lowest BCUT2D eigenvalue weighted by Crippen LogP contribution is -2.37. The quantitative estimate of drug-likeness (QED) is 0.479. The number of carbonyl (C=O) groups excluding carboxylic acids is 2. The number of carbonyl (C=O) groups is 3. The van der Waals surface area contributed by atoms with Crippen LogP contribution in [0.15, 0.2) is 48.5 Å². The van der Waals surface area contributed by atoms with Gasteiger partial charge in [0.05, 0.1) is 24.5 Å². The van der Waals surface area contributed by atoms with Crippen molar-refractivity contribution in [3.05, 3.63) is 59.7 Å². The van der Waals surface area contributed by atoms with Crippen LogP contribution in [0.5, 0.6) is 0 Å². The lowest BCUT2D eigenvalue weighted by atomic mass is 9.98. The Morgan fingerprint density at radius 1 is 1.06 bits per heavy atom. The Morgan fingerprint density at radius 3 is 2.34 bits per heavy atom. The summed E-state index contributed by atoms with van der Waals surface area (Å²) in [6.45, 7) is 2.75. The molecule has 8 nitrogen and oxygen atoms in total. The van der Waals surface area contributed by atoms with Crippen LogP contribution >= 0.6 is 0 Å². The summed E-state index contributed by atoms with van der Waals surface area (Å²) in [7, 11) is 0. The van der Waals surface area contributed by atoms with Crippen LogP contribution in [0.25, 0.3) is 11.1 Å². The van der Waals surface area contributed by atoms with Crippen molar-refractivity contribution in [1.82, 2.24) is 10.6 Å². The van der Waals surface area contributed by atoms with Crippen molar-refractivity contribution < 1.29 is 29.0 Å². The summed E-state index contributed by atoms with van der Waals surface area (Å²) in [4.78, 5) is 36.0. The highest BCUT2D eigenvalue weighted by Gasteiger charge is 2.32. The summed E-state index contributed by atoms with van der Waals surface area (Å²) in [6.07, 6.45) is 0.900. The lowest BCUT2D eigenvalue weighted by Gasteiger charge is -2.16. The largest absolute Gasteiger partial charge is 0.481 e. The molecule has 1 saturated heterocycles. The second-order valence-corrected chi connectivity index (χ2v) is 9.16. The molecule has 1 heterocycles. The topological polar surface area (TPSA) is 114 Å². The van der Waals surface area contributed by atoms with Gasteiger partial charge in [0.2, 0.25) is 5.91 Å². The first-order valence-corrected chi connectivity index (χ1v) is 12.2. The molecule has 0 saturated carbocycles. The van der Waals surface area contributed by atoms with Gasteiger partial charge in [0.15, 0.2) is 0 Å². The van der Waals surface area contributed by atoms with Crippen molar-refractivity contribution in [1.29, 1.82) is 0 Å². The van der Waals surface area contributed by atoms with E-state index in [0.29, 0.717) is 12.8 Å². The summed E-state index contributed by atoms with van der Waals surface area (Å²) < 4.78 is 11.2. The maximum Gasteiger partial charge on any atom is 0.407 e. The normalized spacial score (nSPS) is 19.5. The lowest BCUT2D eigenvalue weighted by molar-refractivity contribution is -0.142. The first-order valence-electron chi connectivity index (χ1n) is 12.2. The van der Waals surface area contributed by atoms with Crippen LogP contribution in [0.2, 0.25) is 0 Å². The standard InChI is InChI=1S/C27H32N2O6/c1-2-7-17(26(31)32)13-28-25(30)18-12-19(34-15-18)14-29-27(33)35-16-24-22-10-5-3-8-20(22)21-9-4-6-11-23(21)24/h3-6,8-11,17-19,24H,2,7,12-16H2,1H3,(H,28,30)(H,29,33)(H,31,32)/t17?,18-,19-/m0/s1. The van der Waals surface area contributed by atoms with Crippen molar-refractivity contribution >= 4 is 18.0 Å². The van der Waals surface area contributed by atoms with Gasteiger partial charge in [0.25, 0.3) is 0 Å². The molecule has 0 aromatic heterocycles. The summed E-state index contributed by atoms with van der Waals surface area (Å²) in [5.74, 6) is -2.07. The minimum absolute atomic E-state index is 0.00806. The number of amides is 2. The molecular formula is C27H32N2O6. The Bertz CT molecular complexity index is 1030. The van der Waals surface area contributed by atoms with Gasteiger partial charge in [-0.2, -0.15) is 0 Å². The van der Waals surface area contributed by atoms with Gasteiger partial charge in [0, 0.05) is 19.0 Å². The third-order valence-electron chi connectivity index (χ3n) is 6.78. The third kappa shape index (κ3) is 5.82. The Morgan fingerprint density at radius 2 is 1.71 bits per heavy atom. The number of carboxylic acids is 1. The van der Waals surface area contributed by atoms with Gasteiger partial charge in [0.1, 0.15) is 6.61 Å². The van der Waals surface area contributed by atoms with E-state index in [9.17, 15) is 19.5 Å². The van der Waals surface area contributed by atoms with Crippen LogP contribution in [-0.4, -0.2) is 55.5 Å². The van der Waals surface area contributed by atoms with Crippen molar-refractivity contribution in [3.63, 3.8) is 0 Å². The average molecular weight is 481 g/mol. The molecule has 2 aromatic carbocycles. The highest BCUT2D eigenvalue weighted by molar-refractivity contribution is 5.80. The zero-order valence-electron chi connectivity index (χ0n) is 19.9. The van der Waals surface area contributed by atoms with Crippen molar-refractivity contribution in [2.24, 2.45) is 11.8 Å². The fraction of sp³-hybridized carbons (Fsp3) is 0.444. The summed E-state index contributed by atoms with van der Waals surface area (Å²) in [5.41, 5.74) is 4.65. The number of ether oxygens (including phenoxy) is 2. The maximum atomic E-state index is 12.4. The van der Waals surface area contributed by atoms with E-state index in [1.54, 1.807) is 0 Å². The molecule has 3 N–H and O–H groups in total. The van der Waals surface area contributed by atoms with E-state index in [2.05, 4.69) is 34.9 Å². The number of alkyl carbamates (subject to hydrolysis) is 1. The molecule has 0 radical (unpaired) electrons. The molecule has 4 rings (SSSR count). The smallest absolute Gasteiger partial charge is 0.407 e. The first kappa shape index (κ1) is 24.7. The molecule has 3 atom stereocenters. The van der Waals surface area contributed by atoms with Crippen LogP contribution in [0.3, 0.4) is 0 Å². The molecule has 8 heteroatoms.